The van der Waals surface area contributed by atoms with E-state index in [4.69, 9.17) is 18.9 Å². The van der Waals surface area contributed by atoms with Crippen LogP contribution in [0, 0.1) is 20.2 Å². The molecule has 41 heavy (non-hydrogen) atoms. The van der Waals surface area contributed by atoms with Crippen molar-refractivity contribution < 1.29 is 46.0 Å². The second kappa shape index (κ2) is 12.5. The number of benzene rings is 2. The molecule has 0 amide bonds. The summed E-state index contributed by atoms with van der Waals surface area (Å²) in [5.41, 5.74) is -4.07. The molecule has 3 unspecified atom stereocenters. The second-order valence-electron chi connectivity index (χ2n) is 8.47. The fraction of sp³-hybridized carbons (Fsp3) is 0.280. The van der Waals surface area contributed by atoms with Gasteiger partial charge in [0.05, 0.1) is 67.1 Å². The first-order valence-corrected chi connectivity index (χ1v) is 14.4. The van der Waals surface area contributed by atoms with Crippen molar-refractivity contribution in [2.45, 2.75) is 10.8 Å². The number of para-hydroxylation sites is 1. The van der Waals surface area contributed by atoms with E-state index < -0.39 is 58.6 Å². The molecule has 1 aliphatic rings. The van der Waals surface area contributed by atoms with Crippen LogP contribution in [0.1, 0.15) is 11.1 Å². The topological polar surface area (TPSA) is 195 Å². The van der Waals surface area contributed by atoms with E-state index in [9.17, 15) is 37.4 Å². The van der Waals surface area contributed by atoms with Gasteiger partial charge in [0, 0.05) is 28.0 Å². The number of ether oxygens (including phenoxy) is 4. The van der Waals surface area contributed by atoms with Crippen molar-refractivity contribution in [2.75, 3.05) is 34.2 Å². The Morgan fingerprint density at radius 3 is 2.07 bits per heavy atom. The molecule has 0 radical (unpaired) electrons. The first kappa shape index (κ1) is 31.3. The molecule has 2 aromatic carbocycles. The first-order valence-electron chi connectivity index (χ1n) is 11.5. The van der Waals surface area contributed by atoms with Gasteiger partial charge in [0.15, 0.2) is 5.25 Å². The fourth-order valence-corrected chi connectivity index (χ4v) is 6.39. The zero-order valence-corrected chi connectivity index (χ0v) is 23.8. The molecule has 220 valence electrons. The molecular formula is C25H26N2O12S2. The van der Waals surface area contributed by atoms with Gasteiger partial charge in [-0.05, 0) is 24.3 Å². The standard InChI is InChI=1S/C25H26N2O12S2/c1-36-17-12-22(38-3)18(23(13-17)39-4)9-10-40(32)15-16-11-24(41(33,34)35)25(27(30)31,14-20(16)26(28)29)19-7-5-6-8-21(19)37-2/h5-14,24H,15H2,1-4H3,(H,33,34,35)/b10-9+. The van der Waals surface area contributed by atoms with E-state index in [1.54, 1.807) is 12.1 Å². The molecule has 0 heterocycles. The maximum absolute atomic E-state index is 13.1. The van der Waals surface area contributed by atoms with Crippen LogP contribution in [0.25, 0.3) is 6.08 Å². The maximum Gasteiger partial charge on any atom is 0.298 e. The number of hydrogen-bond acceptors (Lipinski definition) is 11. The van der Waals surface area contributed by atoms with E-state index in [0.29, 0.717) is 35.0 Å². The number of nitro groups is 2. The van der Waals surface area contributed by atoms with E-state index >= 15 is 0 Å². The van der Waals surface area contributed by atoms with Crippen LogP contribution in [0.3, 0.4) is 0 Å². The molecule has 1 N–H and O–H groups in total. The van der Waals surface area contributed by atoms with Crippen molar-refractivity contribution in [2.24, 2.45) is 0 Å². The van der Waals surface area contributed by atoms with Crippen molar-refractivity contribution in [1.29, 1.82) is 0 Å². The molecule has 2 aromatic rings. The van der Waals surface area contributed by atoms with Gasteiger partial charge in [-0.15, -0.1) is 0 Å². The predicted molar refractivity (Wildman–Crippen MR) is 148 cm³/mol. The lowest BCUT2D eigenvalue weighted by molar-refractivity contribution is -0.564. The highest BCUT2D eigenvalue weighted by Gasteiger charge is 2.61. The Morgan fingerprint density at radius 2 is 1.59 bits per heavy atom. The Morgan fingerprint density at radius 1 is 1.00 bits per heavy atom. The van der Waals surface area contributed by atoms with E-state index in [1.165, 1.54) is 64.2 Å². The van der Waals surface area contributed by atoms with Crippen LogP contribution >= 0.6 is 0 Å². The maximum atomic E-state index is 13.1. The zero-order chi connectivity index (χ0) is 30.5. The minimum atomic E-state index is -5.25. The fourth-order valence-electron chi connectivity index (χ4n) is 4.39. The van der Waals surface area contributed by atoms with Gasteiger partial charge in [-0.2, -0.15) is 8.42 Å². The normalized spacial score (nSPS) is 19.6. The van der Waals surface area contributed by atoms with Crippen molar-refractivity contribution >= 4 is 27.0 Å². The molecule has 1 aliphatic carbocycles. The lowest BCUT2D eigenvalue weighted by Gasteiger charge is -2.31. The molecule has 0 bridgehead atoms. The highest BCUT2D eigenvalue weighted by atomic mass is 32.2. The van der Waals surface area contributed by atoms with Crippen LogP contribution < -0.4 is 18.9 Å². The minimum Gasteiger partial charge on any atom is -0.496 e. The summed E-state index contributed by atoms with van der Waals surface area (Å²) in [6, 6.07) is 8.39. The highest BCUT2D eigenvalue weighted by molar-refractivity contribution is 7.88. The van der Waals surface area contributed by atoms with Crippen LogP contribution in [0.5, 0.6) is 23.0 Å². The lowest BCUT2D eigenvalue weighted by atomic mass is 9.80. The van der Waals surface area contributed by atoms with Gasteiger partial charge in [-0.1, -0.05) is 12.1 Å². The van der Waals surface area contributed by atoms with Crippen LogP contribution in [0.4, 0.5) is 0 Å². The summed E-state index contributed by atoms with van der Waals surface area (Å²) in [6.45, 7) is 0. The van der Waals surface area contributed by atoms with E-state index in [2.05, 4.69) is 0 Å². The second-order valence-corrected chi connectivity index (χ2v) is 11.3. The highest BCUT2D eigenvalue weighted by Crippen LogP contribution is 2.44. The van der Waals surface area contributed by atoms with Crippen LogP contribution in [-0.4, -0.2) is 66.5 Å². The Balaban J connectivity index is 2.13. The molecule has 0 saturated carbocycles. The van der Waals surface area contributed by atoms with Gasteiger partial charge in [0.25, 0.3) is 21.4 Å². The van der Waals surface area contributed by atoms with Gasteiger partial charge >= 0.3 is 0 Å². The van der Waals surface area contributed by atoms with Gasteiger partial charge in [0.1, 0.15) is 23.0 Å². The van der Waals surface area contributed by atoms with E-state index in [1.807, 2.05) is 0 Å². The first-order chi connectivity index (χ1) is 19.3. The smallest absolute Gasteiger partial charge is 0.298 e. The summed E-state index contributed by atoms with van der Waals surface area (Å²) in [5, 5.41) is 23.4. The average molecular weight is 611 g/mol. The molecule has 16 heteroatoms. The Labute approximate surface area is 237 Å². The van der Waals surface area contributed by atoms with Gasteiger partial charge in [-0.3, -0.25) is 29.0 Å². The summed E-state index contributed by atoms with van der Waals surface area (Å²) < 4.78 is 69.2. The lowest BCUT2D eigenvalue weighted by Crippen LogP contribution is -2.50. The zero-order valence-electron chi connectivity index (χ0n) is 22.2. The number of hydrogen-bond donors (Lipinski definition) is 1. The summed E-state index contributed by atoms with van der Waals surface area (Å²) in [6.07, 6.45) is 2.60. The number of nitrogens with zero attached hydrogens (tertiary/aromatic N) is 2. The SMILES string of the molecule is COc1cc(OC)c(/C=C/S(=O)CC2=CC(S(=O)(=O)O)C(c3ccccc3OC)([N+](=O)[O-])C=C2[N+](=O)[O-])c(OC)c1. The summed E-state index contributed by atoms with van der Waals surface area (Å²) in [5.74, 6) is 0.274. The van der Waals surface area contributed by atoms with Crippen LogP contribution in [0.2, 0.25) is 0 Å². The van der Waals surface area contributed by atoms with Crippen molar-refractivity contribution in [3.05, 3.63) is 96.6 Å². The molecular weight excluding hydrogens is 584 g/mol. The molecule has 0 fully saturated rings. The third-order valence-electron chi connectivity index (χ3n) is 6.27. The van der Waals surface area contributed by atoms with Crippen molar-refractivity contribution in [3.63, 3.8) is 0 Å². The van der Waals surface area contributed by atoms with E-state index in [0.717, 1.165) is 0 Å². The Hall–Kier alpha value is -4.28. The van der Waals surface area contributed by atoms with Crippen LogP contribution in [-0.2, 0) is 26.5 Å². The molecule has 3 rings (SSSR count). The Bertz CT molecular complexity index is 1560. The van der Waals surface area contributed by atoms with Gasteiger partial charge < -0.3 is 18.9 Å². The van der Waals surface area contributed by atoms with Crippen molar-refractivity contribution in [1.82, 2.24) is 0 Å². The minimum absolute atomic E-state index is 0.137. The van der Waals surface area contributed by atoms with Gasteiger partial charge in [-0.25, -0.2) is 0 Å². The predicted octanol–water partition coefficient (Wildman–Crippen LogP) is 2.97. The average Bonchev–Trinajstić information content (AvgIpc) is 2.94. The van der Waals surface area contributed by atoms with Gasteiger partial charge in [0.2, 0.25) is 0 Å². The Kier molecular flexibility index (Phi) is 9.52. The number of allylic oxidation sites excluding steroid dienone is 1. The van der Waals surface area contributed by atoms with Crippen LogP contribution in [0.15, 0.2) is 65.2 Å². The molecule has 0 aromatic heterocycles. The summed E-state index contributed by atoms with van der Waals surface area (Å²) in [7, 11) is -1.87. The monoisotopic (exact) mass is 610 g/mol. The quantitative estimate of drug-likeness (QED) is 0.210. The molecule has 3 atom stereocenters. The van der Waals surface area contributed by atoms with E-state index in [-0.39, 0.29) is 11.3 Å². The molecule has 0 aliphatic heterocycles. The number of methoxy groups -OCH3 is 4. The summed E-state index contributed by atoms with van der Waals surface area (Å²) >= 11 is 0. The molecule has 0 spiro atoms. The molecule has 0 saturated heterocycles. The third kappa shape index (κ3) is 6.23. The molecule has 14 nitrogen and oxygen atoms in total. The summed E-state index contributed by atoms with van der Waals surface area (Å²) in [4.78, 5) is 22.6. The van der Waals surface area contributed by atoms with Crippen molar-refractivity contribution in [3.8, 4) is 23.0 Å². The third-order valence-corrected chi connectivity index (χ3v) is 8.44. The largest absolute Gasteiger partial charge is 0.496 e. The number of rotatable bonds is 12.